The molecule has 116 valence electrons. The second-order valence-corrected chi connectivity index (χ2v) is 8.55. The number of hydrogen-bond acceptors (Lipinski definition) is 4. The minimum Gasteiger partial charge on any atom is -0.351 e. The fourth-order valence-electron chi connectivity index (χ4n) is 2.55. The summed E-state index contributed by atoms with van der Waals surface area (Å²) in [4.78, 5) is 12.7. The molecular formula is C14H20N2O3S2. The maximum absolute atomic E-state index is 12.7. The fraction of sp³-hybridized carbons (Fsp3) is 0.643. The summed E-state index contributed by atoms with van der Waals surface area (Å²) >= 11 is 1.20. The molecule has 1 aliphatic heterocycles. The molecule has 0 bridgehead atoms. The molecule has 2 fully saturated rings. The van der Waals surface area contributed by atoms with Crippen LogP contribution < -0.4 is 5.32 Å². The minimum absolute atomic E-state index is 0.169. The molecule has 1 saturated heterocycles. The van der Waals surface area contributed by atoms with Gasteiger partial charge in [0.25, 0.3) is 5.91 Å². The summed E-state index contributed by atoms with van der Waals surface area (Å²) in [5.41, 5.74) is 0. The molecule has 0 spiro atoms. The van der Waals surface area contributed by atoms with E-state index in [1.165, 1.54) is 15.6 Å². The van der Waals surface area contributed by atoms with Gasteiger partial charge in [-0.25, -0.2) is 8.42 Å². The Bertz CT molecular complexity index is 614. The SMILES string of the molecule is O=C(NCC1CC1)c1sccc1S(=O)(=O)N1CCCCC1. The summed E-state index contributed by atoms with van der Waals surface area (Å²) in [7, 11) is -3.53. The monoisotopic (exact) mass is 328 g/mol. The molecule has 1 aromatic rings. The number of thiophene rings is 1. The predicted molar refractivity (Wildman–Crippen MR) is 82.0 cm³/mol. The number of nitrogens with one attached hydrogen (secondary N) is 1. The molecule has 1 amide bonds. The Balaban J connectivity index is 1.78. The Morgan fingerprint density at radius 1 is 1.29 bits per heavy atom. The van der Waals surface area contributed by atoms with Gasteiger partial charge in [0.1, 0.15) is 9.77 Å². The number of nitrogens with zero attached hydrogens (tertiary/aromatic N) is 1. The lowest BCUT2D eigenvalue weighted by Crippen LogP contribution is -2.36. The van der Waals surface area contributed by atoms with Gasteiger partial charge in [-0.2, -0.15) is 4.31 Å². The number of sulfonamides is 1. The lowest BCUT2D eigenvalue weighted by molar-refractivity contribution is 0.0952. The molecule has 2 heterocycles. The Hall–Kier alpha value is -0.920. The largest absolute Gasteiger partial charge is 0.351 e. The van der Waals surface area contributed by atoms with Crippen LogP contribution in [-0.2, 0) is 10.0 Å². The van der Waals surface area contributed by atoms with Gasteiger partial charge in [-0.3, -0.25) is 4.79 Å². The van der Waals surface area contributed by atoms with Crippen molar-refractivity contribution >= 4 is 27.3 Å². The van der Waals surface area contributed by atoms with Crippen LogP contribution in [0, 0.1) is 5.92 Å². The number of carbonyl (C=O) groups excluding carboxylic acids is 1. The van der Waals surface area contributed by atoms with E-state index >= 15 is 0 Å². The van der Waals surface area contributed by atoms with Gasteiger partial charge in [0.05, 0.1) is 0 Å². The maximum atomic E-state index is 12.7. The van der Waals surface area contributed by atoms with Crippen LogP contribution >= 0.6 is 11.3 Å². The first-order valence-corrected chi connectivity index (χ1v) is 9.77. The number of carbonyl (C=O) groups is 1. The molecule has 5 nitrogen and oxygen atoms in total. The van der Waals surface area contributed by atoms with Crippen molar-refractivity contribution in [3.8, 4) is 0 Å². The molecule has 7 heteroatoms. The van der Waals surface area contributed by atoms with E-state index in [-0.39, 0.29) is 10.8 Å². The van der Waals surface area contributed by atoms with E-state index in [1.54, 1.807) is 11.4 Å². The fourth-order valence-corrected chi connectivity index (χ4v) is 5.38. The third-order valence-electron chi connectivity index (χ3n) is 4.02. The summed E-state index contributed by atoms with van der Waals surface area (Å²) in [6, 6.07) is 1.56. The molecule has 1 aromatic heterocycles. The Kier molecular flexibility index (Phi) is 4.33. The van der Waals surface area contributed by atoms with Gasteiger partial charge in [0.15, 0.2) is 0 Å². The lowest BCUT2D eigenvalue weighted by atomic mass is 10.2. The summed E-state index contributed by atoms with van der Waals surface area (Å²) in [5, 5.41) is 4.53. The highest BCUT2D eigenvalue weighted by atomic mass is 32.2. The molecule has 1 aliphatic carbocycles. The van der Waals surface area contributed by atoms with Crippen molar-refractivity contribution in [2.75, 3.05) is 19.6 Å². The van der Waals surface area contributed by atoms with Crippen molar-refractivity contribution < 1.29 is 13.2 Å². The molecule has 0 unspecified atom stereocenters. The zero-order valence-corrected chi connectivity index (χ0v) is 13.5. The van der Waals surface area contributed by atoms with Crippen LogP contribution in [0.4, 0.5) is 0 Å². The van der Waals surface area contributed by atoms with Crippen LogP contribution in [0.2, 0.25) is 0 Å². The first-order chi connectivity index (χ1) is 10.1. The summed E-state index contributed by atoms with van der Waals surface area (Å²) in [6.45, 7) is 1.77. The average molecular weight is 328 g/mol. The summed E-state index contributed by atoms with van der Waals surface area (Å²) in [6.07, 6.45) is 5.18. The molecule has 0 aromatic carbocycles. The van der Waals surface area contributed by atoms with Crippen molar-refractivity contribution in [3.63, 3.8) is 0 Å². The Labute approximate surface area is 129 Å². The second kappa shape index (κ2) is 6.06. The number of amides is 1. The summed E-state index contributed by atoms with van der Waals surface area (Å²) in [5.74, 6) is 0.323. The molecule has 0 radical (unpaired) electrons. The van der Waals surface area contributed by atoms with Gasteiger partial charge < -0.3 is 5.32 Å². The second-order valence-electron chi connectivity index (χ2n) is 5.73. The number of hydrogen-bond donors (Lipinski definition) is 1. The van der Waals surface area contributed by atoms with E-state index in [2.05, 4.69) is 5.32 Å². The number of rotatable bonds is 5. The average Bonchev–Trinajstić information content (AvgIpc) is 3.19. The van der Waals surface area contributed by atoms with Gasteiger partial charge >= 0.3 is 0 Å². The van der Waals surface area contributed by atoms with Gasteiger partial charge in [-0.1, -0.05) is 6.42 Å². The minimum atomic E-state index is -3.53. The van der Waals surface area contributed by atoms with Crippen LogP contribution in [0.5, 0.6) is 0 Å². The van der Waals surface area contributed by atoms with E-state index in [9.17, 15) is 13.2 Å². The van der Waals surface area contributed by atoms with E-state index in [0.29, 0.717) is 30.4 Å². The quantitative estimate of drug-likeness (QED) is 0.900. The van der Waals surface area contributed by atoms with Crippen molar-refractivity contribution in [1.82, 2.24) is 9.62 Å². The highest BCUT2D eigenvalue weighted by Gasteiger charge is 2.31. The molecule has 3 rings (SSSR count). The van der Waals surface area contributed by atoms with E-state index in [4.69, 9.17) is 0 Å². The highest BCUT2D eigenvalue weighted by molar-refractivity contribution is 7.89. The van der Waals surface area contributed by atoms with Crippen LogP contribution in [0.3, 0.4) is 0 Å². The highest BCUT2D eigenvalue weighted by Crippen LogP contribution is 2.29. The van der Waals surface area contributed by atoms with Gasteiger partial charge in [0.2, 0.25) is 10.0 Å². The Morgan fingerprint density at radius 2 is 2.00 bits per heavy atom. The smallest absolute Gasteiger partial charge is 0.262 e. The topological polar surface area (TPSA) is 66.5 Å². The molecular weight excluding hydrogens is 308 g/mol. The van der Waals surface area contributed by atoms with E-state index in [0.717, 1.165) is 32.1 Å². The molecule has 2 aliphatic rings. The van der Waals surface area contributed by atoms with Crippen LogP contribution in [-0.4, -0.2) is 38.3 Å². The van der Waals surface area contributed by atoms with Crippen molar-refractivity contribution in [2.24, 2.45) is 5.92 Å². The van der Waals surface area contributed by atoms with Crippen molar-refractivity contribution in [1.29, 1.82) is 0 Å². The lowest BCUT2D eigenvalue weighted by Gasteiger charge is -2.25. The zero-order valence-electron chi connectivity index (χ0n) is 11.9. The normalized spacial score (nSPS) is 20.4. The Morgan fingerprint density at radius 3 is 2.67 bits per heavy atom. The van der Waals surface area contributed by atoms with Crippen LogP contribution in [0.15, 0.2) is 16.3 Å². The van der Waals surface area contributed by atoms with Gasteiger partial charge in [0, 0.05) is 19.6 Å². The van der Waals surface area contributed by atoms with E-state index in [1.807, 2.05) is 0 Å². The van der Waals surface area contributed by atoms with Crippen molar-refractivity contribution in [2.45, 2.75) is 37.0 Å². The third-order valence-corrected chi connectivity index (χ3v) is 7.00. The molecule has 21 heavy (non-hydrogen) atoms. The van der Waals surface area contributed by atoms with Gasteiger partial charge in [-0.05, 0) is 43.0 Å². The first kappa shape index (κ1) is 15.0. The molecule has 0 atom stereocenters. The van der Waals surface area contributed by atoms with Gasteiger partial charge in [-0.15, -0.1) is 11.3 Å². The standard InChI is InChI=1S/C14H20N2O3S2/c17-14(15-10-11-4-5-11)13-12(6-9-20-13)21(18,19)16-7-2-1-3-8-16/h6,9,11H,1-5,7-8,10H2,(H,15,17). The van der Waals surface area contributed by atoms with Crippen LogP contribution in [0.25, 0.3) is 0 Å². The predicted octanol–water partition coefficient (Wildman–Crippen LogP) is 2.06. The molecule has 1 N–H and O–H groups in total. The maximum Gasteiger partial charge on any atom is 0.262 e. The number of piperidine rings is 1. The summed E-state index contributed by atoms with van der Waals surface area (Å²) < 4.78 is 26.9. The van der Waals surface area contributed by atoms with Crippen LogP contribution in [0.1, 0.15) is 41.8 Å². The van der Waals surface area contributed by atoms with E-state index < -0.39 is 10.0 Å². The molecule has 1 saturated carbocycles. The zero-order chi connectivity index (χ0) is 14.9. The van der Waals surface area contributed by atoms with Crippen molar-refractivity contribution in [3.05, 3.63) is 16.3 Å². The third kappa shape index (κ3) is 3.30. The first-order valence-electron chi connectivity index (χ1n) is 7.45.